The third kappa shape index (κ3) is 6.67. The lowest BCUT2D eigenvalue weighted by Gasteiger charge is -2.27. The van der Waals surface area contributed by atoms with Gasteiger partial charge >= 0.3 is 0 Å². The molecule has 1 aliphatic rings. The number of nitrogens with one attached hydrogen (secondary N) is 2. The largest absolute Gasteiger partial charge is 0.341 e. The number of carbonyl (C=O) groups is 3. The number of piperidine rings is 1. The van der Waals surface area contributed by atoms with E-state index in [-0.39, 0.29) is 23.6 Å². The SMILES string of the molecule is CC(C)CC(=O)NC(C(=O)Nc1cccc(CN2CCCCC2=O)c1)c1ccccc1. The number of likely N-dealkylation sites (tertiary alicyclic amines) is 1. The van der Waals surface area contributed by atoms with Crippen LogP contribution in [0, 0.1) is 5.92 Å². The number of benzene rings is 2. The zero-order valence-corrected chi connectivity index (χ0v) is 18.3. The van der Waals surface area contributed by atoms with Crippen LogP contribution in [0.1, 0.15) is 56.7 Å². The van der Waals surface area contributed by atoms with Crippen LogP contribution in [0.5, 0.6) is 0 Å². The molecule has 1 saturated heterocycles. The average molecular weight is 422 g/mol. The van der Waals surface area contributed by atoms with Gasteiger partial charge in [0.25, 0.3) is 5.91 Å². The van der Waals surface area contributed by atoms with E-state index in [0.29, 0.717) is 25.1 Å². The molecule has 0 bridgehead atoms. The molecule has 0 radical (unpaired) electrons. The summed E-state index contributed by atoms with van der Waals surface area (Å²) in [7, 11) is 0. The third-order valence-corrected chi connectivity index (χ3v) is 5.28. The monoisotopic (exact) mass is 421 g/mol. The molecule has 164 valence electrons. The molecule has 0 aromatic heterocycles. The van der Waals surface area contributed by atoms with Crippen molar-refractivity contribution in [3.8, 4) is 0 Å². The van der Waals surface area contributed by atoms with Gasteiger partial charge in [-0.1, -0.05) is 56.3 Å². The second-order valence-corrected chi connectivity index (χ2v) is 8.47. The third-order valence-electron chi connectivity index (χ3n) is 5.28. The van der Waals surface area contributed by atoms with Crippen LogP contribution in [0.4, 0.5) is 5.69 Å². The minimum Gasteiger partial charge on any atom is -0.341 e. The van der Waals surface area contributed by atoms with Crippen LogP contribution in [-0.2, 0) is 20.9 Å². The van der Waals surface area contributed by atoms with E-state index in [9.17, 15) is 14.4 Å². The van der Waals surface area contributed by atoms with Gasteiger partial charge in [0.1, 0.15) is 6.04 Å². The first kappa shape index (κ1) is 22.5. The Hall–Kier alpha value is -3.15. The predicted molar refractivity (Wildman–Crippen MR) is 121 cm³/mol. The average Bonchev–Trinajstić information content (AvgIpc) is 2.74. The molecule has 3 amide bonds. The van der Waals surface area contributed by atoms with Crippen molar-refractivity contribution in [2.45, 2.75) is 52.1 Å². The van der Waals surface area contributed by atoms with Gasteiger partial charge in [0, 0.05) is 31.6 Å². The highest BCUT2D eigenvalue weighted by atomic mass is 16.2. The summed E-state index contributed by atoms with van der Waals surface area (Å²) in [6.45, 7) is 5.24. The lowest BCUT2D eigenvalue weighted by molar-refractivity contribution is -0.133. The number of rotatable bonds is 8. The molecule has 1 atom stereocenters. The van der Waals surface area contributed by atoms with Gasteiger partial charge in [-0.3, -0.25) is 14.4 Å². The van der Waals surface area contributed by atoms with Crippen LogP contribution in [-0.4, -0.2) is 29.2 Å². The maximum atomic E-state index is 13.1. The Morgan fingerprint density at radius 3 is 2.52 bits per heavy atom. The number of hydrogen-bond acceptors (Lipinski definition) is 3. The first-order valence-corrected chi connectivity index (χ1v) is 10.9. The Morgan fingerprint density at radius 1 is 1.03 bits per heavy atom. The van der Waals surface area contributed by atoms with Crippen LogP contribution in [0.3, 0.4) is 0 Å². The van der Waals surface area contributed by atoms with Crippen LogP contribution in [0.15, 0.2) is 54.6 Å². The minimum atomic E-state index is -0.778. The maximum Gasteiger partial charge on any atom is 0.251 e. The Balaban J connectivity index is 1.72. The molecule has 6 heteroatoms. The standard InChI is InChI=1S/C25H31N3O3/c1-18(2)15-22(29)27-24(20-10-4-3-5-11-20)25(31)26-21-12-8-9-19(16-21)17-28-14-7-6-13-23(28)30/h3-5,8-12,16,18,24H,6-7,13-15,17H2,1-2H3,(H,26,31)(H,27,29). The van der Waals surface area contributed by atoms with E-state index in [2.05, 4.69) is 10.6 Å². The molecule has 0 saturated carbocycles. The molecule has 3 rings (SSSR count). The second-order valence-electron chi connectivity index (χ2n) is 8.47. The molecule has 31 heavy (non-hydrogen) atoms. The van der Waals surface area contributed by atoms with E-state index in [1.807, 2.05) is 73.3 Å². The van der Waals surface area contributed by atoms with Crippen molar-refractivity contribution in [3.63, 3.8) is 0 Å². The van der Waals surface area contributed by atoms with Crippen molar-refractivity contribution in [1.29, 1.82) is 0 Å². The summed E-state index contributed by atoms with van der Waals surface area (Å²) in [5.41, 5.74) is 2.34. The summed E-state index contributed by atoms with van der Waals surface area (Å²) in [6, 6.07) is 16.0. The summed E-state index contributed by atoms with van der Waals surface area (Å²) >= 11 is 0. The molecule has 6 nitrogen and oxygen atoms in total. The first-order chi connectivity index (χ1) is 14.9. The number of nitrogens with zero attached hydrogens (tertiary/aromatic N) is 1. The Kier molecular flexibility index (Phi) is 7.82. The van der Waals surface area contributed by atoms with Gasteiger partial charge in [-0.25, -0.2) is 0 Å². The zero-order chi connectivity index (χ0) is 22.2. The summed E-state index contributed by atoms with van der Waals surface area (Å²) in [4.78, 5) is 39.4. The van der Waals surface area contributed by atoms with Crippen LogP contribution >= 0.6 is 0 Å². The molecule has 0 spiro atoms. The molecule has 2 N–H and O–H groups in total. The highest BCUT2D eigenvalue weighted by molar-refractivity contribution is 5.98. The van der Waals surface area contributed by atoms with Gasteiger partial charge in [0.05, 0.1) is 0 Å². The summed E-state index contributed by atoms with van der Waals surface area (Å²) in [5.74, 6) is -0.0720. The molecular weight excluding hydrogens is 390 g/mol. The smallest absolute Gasteiger partial charge is 0.251 e. The fourth-order valence-electron chi connectivity index (χ4n) is 3.75. The van der Waals surface area contributed by atoms with E-state index in [4.69, 9.17) is 0 Å². The van der Waals surface area contributed by atoms with Gasteiger partial charge in [-0.05, 0) is 42.0 Å². The molecule has 1 unspecified atom stereocenters. The second kappa shape index (κ2) is 10.8. The van der Waals surface area contributed by atoms with E-state index in [1.165, 1.54) is 0 Å². The van der Waals surface area contributed by atoms with Crippen LogP contribution in [0.25, 0.3) is 0 Å². The molecule has 1 heterocycles. The van der Waals surface area contributed by atoms with Gasteiger partial charge in [-0.15, -0.1) is 0 Å². The summed E-state index contributed by atoms with van der Waals surface area (Å²) in [6.07, 6.45) is 2.94. The number of carbonyl (C=O) groups excluding carboxylic acids is 3. The lowest BCUT2D eigenvalue weighted by Crippen LogP contribution is -2.37. The molecule has 1 aliphatic heterocycles. The summed E-state index contributed by atoms with van der Waals surface area (Å²) < 4.78 is 0. The van der Waals surface area contributed by atoms with Gasteiger partial charge in [0.2, 0.25) is 11.8 Å². The van der Waals surface area contributed by atoms with Crippen molar-refractivity contribution >= 4 is 23.4 Å². The van der Waals surface area contributed by atoms with E-state index >= 15 is 0 Å². The fraction of sp³-hybridized carbons (Fsp3) is 0.400. The lowest BCUT2D eigenvalue weighted by atomic mass is 10.0. The topological polar surface area (TPSA) is 78.5 Å². The van der Waals surface area contributed by atoms with Crippen molar-refractivity contribution in [2.75, 3.05) is 11.9 Å². The van der Waals surface area contributed by atoms with Gasteiger partial charge < -0.3 is 15.5 Å². The van der Waals surface area contributed by atoms with Gasteiger partial charge in [-0.2, -0.15) is 0 Å². The molecular formula is C25H31N3O3. The highest BCUT2D eigenvalue weighted by Crippen LogP contribution is 2.20. The minimum absolute atomic E-state index is 0.156. The molecule has 2 aromatic carbocycles. The molecule has 0 aliphatic carbocycles. The van der Waals surface area contributed by atoms with E-state index in [1.54, 1.807) is 0 Å². The fourth-order valence-corrected chi connectivity index (χ4v) is 3.75. The maximum absolute atomic E-state index is 13.1. The highest BCUT2D eigenvalue weighted by Gasteiger charge is 2.23. The van der Waals surface area contributed by atoms with Crippen molar-refractivity contribution in [2.24, 2.45) is 5.92 Å². The quantitative estimate of drug-likeness (QED) is 0.675. The Labute approximate surface area is 184 Å². The number of hydrogen-bond donors (Lipinski definition) is 2. The van der Waals surface area contributed by atoms with E-state index < -0.39 is 6.04 Å². The predicted octanol–water partition coefficient (Wildman–Crippen LogP) is 4.04. The van der Waals surface area contributed by atoms with Gasteiger partial charge in [0.15, 0.2) is 0 Å². The first-order valence-electron chi connectivity index (χ1n) is 10.9. The Morgan fingerprint density at radius 2 is 1.81 bits per heavy atom. The normalized spacial score (nSPS) is 14.9. The number of anilines is 1. The molecule has 2 aromatic rings. The van der Waals surface area contributed by atoms with E-state index in [0.717, 1.165) is 30.5 Å². The van der Waals surface area contributed by atoms with Crippen molar-refractivity contribution in [3.05, 3.63) is 65.7 Å². The molecule has 1 fully saturated rings. The number of amides is 3. The Bertz CT molecular complexity index is 911. The zero-order valence-electron chi connectivity index (χ0n) is 18.3. The van der Waals surface area contributed by atoms with Crippen LogP contribution in [0.2, 0.25) is 0 Å². The van der Waals surface area contributed by atoms with Crippen molar-refractivity contribution in [1.82, 2.24) is 10.2 Å². The van der Waals surface area contributed by atoms with Crippen LogP contribution < -0.4 is 10.6 Å². The van der Waals surface area contributed by atoms with Crippen molar-refractivity contribution < 1.29 is 14.4 Å². The summed E-state index contributed by atoms with van der Waals surface area (Å²) in [5, 5.41) is 5.80.